The summed E-state index contributed by atoms with van der Waals surface area (Å²) in [4.78, 5) is 8.62. The molecule has 2 aromatic heterocycles. The van der Waals surface area contributed by atoms with Crippen molar-refractivity contribution in [2.75, 3.05) is 11.9 Å². The van der Waals surface area contributed by atoms with Gasteiger partial charge in [0.2, 0.25) is 0 Å². The van der Waals surface area contributed by atoms with Crippen LogP contribution in [-0.4, -0.2) is 22.1 Å². The fourth-order valence-corrected chi connectivity index (χ4v) is 3.13. The van der Waals surface area contributed by atoms with Crippen molar-refractivity contribution in [3.05, 3.63) is 17.3 Å². The molecule has 0 spiro atoms. The topological polar surface area (TPSA) is 63.8 Å². The monoisotopic (exact) mass is 248 g/mol. The van der Waals surface area contributed by atoms with Crippen molar-refractivity contribution in [2.45, 2.75) is 31.7 Å². The first-order chi connectivity index (χ1) is 8.18. The van der Waals surface area contributed by atoms with Crippen LogP contribution in [0.15, 0.2) is 11.7 Å². The molecule has 4 nitrogen and oxygen atoms in total. The fourth-order valence-electron chi connectivity index (χ4n) is 2.16. The lowest BCUT2D eigenvalue weighted by molar-refractivity contribution is 0.265. The molecule has 0 amide bonds. The third kappa shape index (κ3) is 1.89. The first-order valence-corrected chi connectivity index (χ1v) is 6.77. The van der Waals surface area contributed by atoms with E-state index < -0.39 is 0 Å². The molecule has 1 fully saturated rings. The van der Waals surface area contributed by atoms with Crippen LogP contribution in [0, 0.1) is 6.92 Å². The molecule has 5 heteroatoms. The summed E-state index contributed by atoms with van der Waals surface area (Å²) in [7, 11) is 0. The molecule has 0 bridgehead atoms. The number of nitrogens with zero attached hydrogens (tertiary/aromatic N) is 2. The smallest absolute Gasteiger partial charge is 0.147 e. The molecule has 1 aliphatic carbocycles. The SMILES string of the molecule is Cc1csc2c(NCC3(N)CCC3)ncnc12. The molecule has 0 unspecified atom stereocenters. The van der Waals surface area contributed by atoms with E-state index in [-0.39, 0.29) is 5.54 Å². The molecule has 1 aliphatic rings. The largest absolute Gasteiger partial charge is 0.367 e. The summed E-state index contributed by atoms with van der Waals surface area (Å²) < 4.78 is 1.13. The minimum atomic E-state index is -0.0242. The van der Waals surface area contributed by atoms with Crippen LogP contribution >= 0.6 is 11.3 Å². The van der Waals surface area contributed by atoms with Crippen LogP contribution in [0.4, 0.5) is 5.82 Å². The van der Waals surface area contributed by atoms with E-state index in [1.54, 1.807) is 17.7 Å². The van der Waals surface area contributed by atoms with Gasteiger partial charge in [0, 0.05) is 12.1 Å². The van der Waals surface area contributed by atoms with Crippen LogP contribution in [-0.2, 0) is 0 Å². The number of thiophene rings is 1. The van der Waals surface area contributed by atoms with Gasteiger partial charge in [-0.05, 0) is 37.1 Å². The van der Waals surface area contributed by atoms with Crippen LogP contribution in [0.25, 0.3) is 10.2 Å². The predicted molar refractivity (Wildman–Crippen MR) is 71.4 cm³/mol. The minimum absolute atomic E-state index is 0.0242. The number of nitrogens with one attached hydrogen (secondary N) is 1. The van der Waals surface area contributed by atoms with Crippen LogP contribution in [0.1, 0.15) is 24.8 Å². The van der Waals surface area contributed by atoms with E-state index in [1.165, 1.54) is 12.0 Å². The van der Waals surface area contributed by atoms with E-state index in [0.717, 1.165) is 35.4 Å². The summed E-state index contributed by atoms with van der Waals surface area (Å²) in [6.45, 7) is 2.88. The fraction of sp³-hybridized carbons (Fsp3) is 0.500. The second-order valence-electron chi connectivity index (χ2n) is 4.89. The molecule has 90 valence electrons. The van der Waals surface area contributed by atoms with Gasteiger partial charge < -0.3 is 11.1 Å². The summed E-state index contributed by atoms with van der Waals surface area (Å²) in [5.41, 5.74) is 8.43. The number of hydrogen-bond donors (Lipinski definition) is 2. The van der Waals surface area contributed by atoms with Crippen molar-refractivity contribution in [1.82, 2.24) is 9.97 Å². The van der Waals surface area contributed by atoms with E-state index >= 15 is 0 Å². The predicted octanol–water partition coefficient (Wildman–Crippen LogP) is 2.29. The Hall–Kier alpha value is -1.20. The summed E-state index contributed by atoms with van der Waals surface area (Å²) in [6.07, 6.45) is 5.08. The maximum absolute atomic E-state index is 6.20. The van der Waals surface area contributed by atoms with Gasteiger partial charge >= 0.3 is 0 Å². The summed E-state index contributed by atoms with van der Waals surface area (Å²) in [5.74, 6) is 0.921. The first-order valence-electron chi connectivity index (χ1n) is 5.90. The number of rotatable bonds is 3. The number of aryl methyl sites for hydroxylation is 1. The second-order valence-corrected chi connectivity index (χ2v) is 5.77. The average molecular weight is 248 g/mol. The lowest BCUT2D eigenvalue weighted by Gasteiger charge is -2.38. The average Bonchev–Trinajstić information content (AvgIpc) is 2.67. The number of fused-ring (bicyclic) bond motifs is 1. The zero-order valence-corrected chi connectivity index (χ0v) is 10.7. The number of anilines is 1. The van der Waals surface area contributed by atoms with Gasteiger partial charge in [-0.15, -0.1) is 11.3 Å². The van der Waals surface area contributed by atoms with E-state index in [2.05, 4.69) is 27.6 Å². The third-order valence-electron chi connectivity index (χ3n) is 3.49. The highest BCUT2D eigenvalue weighted by Crippen LogP contribution is 2.31. The van der Waals surface area contributed by atoms with Gasteiger partial charge in [-0.25, -0.2) is 9.97 Å². The lowest BCUT2D eigenvalue weighted by atomic mass is 9.78. The summed E-state index contributed by atoms with van der Waals surface area (Å²) in [6, 6.07) is 0. The van der Waals surface area contributed by atoms with E-state index in [9.17, 15) is 0 Å². The van der Waals surface area contributed by atoms with Crippen molar-refractivity contribution >= 4 is 27.4 Å². The lowest BCUT2D eigenvalue weighted by Crippen LogP contribution is -2.52. The van der Waals surface area contributed by atoms with Crippen LogP contribution < -0.4 is 11.1 Å². The minimum Gasteiger partial charge on any atom is -0.367 e. The van der Waals surface area contributed by atoms with E-state index in [0.29, 0.717) is 0 Å². The van der Waals surface area contributed by atoms with Crippen LogP contribution in [0.5, 0.6) is 0 Å². The van der Waals surface area contributed by atoms with Crippen molar-refractivity contribution in [2.24, 2.45) is 5.73 Å². The van der Waals surface area contributed by atoms with Gasteiger partial charge in [-0.1, -0.05) is 0 Å². The Balaban J connectivity index is 1.85. The molecule has 2 heterocycles. The summed E-state index contributed by atoms with van der Waals surface area (Å²) >= 11 is 1.69. The third-order valence-corrected chi connectivity index (χ3v) is 4.58. The summed E-state index contributed by atoms with van der Waals surface area (Å²) in [5, 5.41) is 5.49. The molecule has 17 heavy (non-hydrogen) atoms. The molecule has 3 rings (SSSR count). The van der Waals surface area contributed by atoms with Gasteiger partial charge in [-0.3, -0.25) is 0 Å². The normalized spacial score (nSPS) is 18.0. The zero-order valence-electron chi connectivity index (χ0n) is 9.86. The zero-order chi connectivity index (χ0) is 11.9. The molecular weight excluding hydrogens is 232 g/mol. The number of aromatic nitrogens is 2. The highest BCUT2D eigenvalue weighted by molar-refractivity contribution is 7.18. The van der Waals surface area contributed by atoms with Crippen LogP contribution in [0.3, 0.4) is 0 Å². The molecule has 0 aliphatic heterocycles. The molecule has 0 radical (unpaired) electrons. The standard InChI is InChI=1S/C12H16N4S/c1-8-5-17-10-9(8)15-7-16-11(10)14-6-12(13)3-2-4-12/h5,7H,2-4,6,13H2,1H3,(H,14,15,16). The van der Waals surface area contributed by atoms with Crippen LogP contribution in [0.2, 0.25) is 0 Å². The van der Waals surface area contributed by atoms with Crippen molar-refractivity contribution < 1.29 is 0 Å². The molecule has 0 aromatic carbocycles. The Morgan fingerprint density at radius 2 is 2.29 bits per heavy atom. The van der Waals surface area contributed by atoms with E-state index in [1.807, 2.05) is 0 Å². The van der Waals surface area contributed by atoms with Crippen molar-refractivity contribution in [3.8, 4) is 0 Å². The highest BCUT2D eigenvalue weighted by Gasteiger charge is 2.32. The number of hydrogen-bond acceptors (Lipinski definition) is 5. The molecule has 3 N–H and O–H groups in total. The Morgan fingerprint density at radius 1 is 1.47 bits per heavy atom. The van der Waals surface area contributed by atoms with Gasteiger partial charge in [0.1, 0.15) is 12.1 Å². The molecule has 1 saturated carbocycles. The number of nitrogens with two attached hydrogens (primary N) is 1. The van der Waals surface area contributed by atoms with Crippen molar-refractivity contribution in [3.63, 3.8) is 0 Å². The van der Waals surface area contributed by atoms with Gasteiger partial charge in [-0.2, -0.15) is 0 Å². The Morgan fingerprint density at radius 3 is 3.00 bits per heavy atom. The Labute approximate surface area is 104 Å². The van der Waals surface area contributed by atoms with Crippen molar-refractivity contribution in [1.29, 1.82) is 0 Å². The first kappa shape index (κ1) is 10.9. The second kappa shape index (κ2) is 3.92. The maximum atomic E-state index is 6.20. The molecular formula is C12H16N4S. The molecule has 0 saturated heterocycles. The maximum Gasteiger partial charge on any atom is 0.147 e. The Kier molecular flexibility index (Phi) is 2.52. The Bertz CT molecular complexity index is 544. The van der Waals surface area contributed by atoms with Gasteiger partial charge in [0.15, 0.2) is 0 Å². The van der Waals surface area contributed by atoms with Gasteiger partial charge in [0.05, 0.1) is 10.2 Å². The van der Waals surface area contributed by atoms with E-state index in [4.69, 9.17) is 5.73 Å². The quantitative estimate of drug-likeness (QED) is 0.874. The van der Waals surface area contributed by atoms with Gasteiger partial charge in [0.25, 0.3) is 0 Å². The molecule has 0 atom stereocenters. The highest BCUT2D eigenvalue weighted by atomic mass is 32.1. The molecule has 2 aromatic rings.